The number of amides is 2. The van der Waals surface area contributed by atoms with Gasteiger partial charge >= 0.3 is 5.92 Å². The predicted octanol–water partition coefficient (Wildman–Crippen LogP) is 0.911. The molecular formula is C14H22F2N2O3. The van der Waals surface area contributed by atoms with Crippen LogP contribution in [0.4, 0.5) is 8.78 Å². The van der Waals surface area contributed by atoms with E-state index in [1.54, 1.807) is 0 Å². The van der Waals surface area contributed by atoms with Crippen molar-refractivity contribution < 1.29 is 23.5 Å². The summed E-state index contributed by atoms with van der Waals surface area (Å²) in [5.74, 6) is -5.19. The Kier molecular flexibility index (Phi) is 4.51. The summed E-state index contributed by atoms with van der Waals surface area (Å²) in [5, 5.41) is 12.5. The summed E-state index contributed by atoms with van der Waals surface area (Å²) in [5.41, 5.74) is -2.17. The molecule has 0 aromatic rings. The van der Waals surface area contributed by atoms with Gasteiger partial charge in [0.2, 0.25) is 5.91 Å². The summed E-state index contributed by atoms with van der Waals surface area (Å²) in [4.78, 5) is 24.1. The van der Waals surface area contributed by atoms with Crippen LogP contribution in [0.1, 0.15) is 39.0 Å². The molecule has 1 atom stereocenters. The number of alkyl halides is 2. The Morgan fingerprint density at radius 1 is 1.38 bits per heavy atom. The molecule has 0 radical (unpaired) electrons. The van der Waals surface area contributed by atoms with E-state index in [1.165, 1.54) is 6.92 Å². The molecule has 2 fully saturated rings. The molecule has 2 amide bonds. The lowest BCUT2D eigenvalue weighted by Crippen LogP contribution is -2.62. The minimum absolute atomic E-state index is 0.0153. The van der Waals surface area contributed by atoms with Crippen molar-refractivity contribution in [2.75, 3.05) is 19.6 Å². The minimum Gasteiger partial charge on any atom is -0.383 e. The number of halogens is 2. The van der Waals surface area contributed by atoms with Crippen LogP contribution >= 0.6 is 0 Å². The maximum absolute atomic E-state index is 14.2. The number of hydrogen-bond donors (Lipinski definition) is 2. The summed E-state index contributed by atoms with van der Waals surface area (Å²) >= 11 is 0. The van der Waals surface area contributed by atoms with E-state index in [4.69, 9.17) is 0 Å². The number of nitrogens with one attached hydrogen (secondary N) is 1. The highest BCUT2D eigenvalue weighted by atomic mass is 19.3. The van der Waals surface area contributed by atoms with Crippen LogP contribution < -0.4 is 5.32 Å². The second-order valence-electron chi connectivity index (χ2n) is 6.16. The van der Waals surface area contributed by atoms with Crippen LogP contribution in [0.3, 0.4) is 0 Å². The van der Waals surface area contributed by atoms with Gasteiger partial charge in [-0.15, -0.1) is 0 Å². The van der Waals surface area contributed by atoms with Gasteiger partial charge in [0.15, 0.2) is 0 Å². The van der Waals surface area contributed by atoms with Crippen LogP contribution in [0.2, 0.25) is 0 Å². The van der Waals surface area contributed by atoms with Crippen molar-refractivity contribution in [3.05, 3.63) is 0 Å². The van der Waals surface area contributed by atoms with Crippen LogP contribution in [0.15, 0.2) is 0 Å². The molecule has 1 unspecified atom stereocenters. The Hall–Kier alpha value is -1.24. The van der Waals surface area contributed by atoms with Gasteiger partial charge in [-0.1, -0.05) is 0 Å². The number of carbonyl (C=O) groups is 2. The number of piperidine rings is 1. The summed E-state index contributed by atoms with van der Waals surface area (Å²) in [7, 11) is 0. The van der Waals surface area contributed by atoms with Gasteiger partial charge in [-0.25, -0.2) is 0 Å². The second-order valence-corrected chi connectivity index (χ2v) is 6.16. The van der Waals surface area contributed by atoms with Crippen LogP contribution in [-0.2, 0) is 9.59 Å². The summed E-state index contributed by atoms with van der Waals surface area (Å²) in [6.45, 7) is 2.26. The van der Waals surface area contributed by atoms with E-state index in [2.05, 4.69) is 5.32 Å². The van der Waals surface area contributed by atoms with Crippen molar-refractivity contribution in [3.8, 4) is 0 Å². The van der Waals surface area contributed by atoms with Gasteiger partial charge < -0.3 is 15.3 Å². The molecule has 120 valence electrons. The minimum atomic E-state index is -3.72. The first kappa shape index (κ1) is 16.1. The fraction of sp³-hybridized carbons (Fsp3) is 0.857. The zero-order valence-electron chi connectivity index (χ0n) is 12.2. The number of hydrogen-bond acceptors (Lipinski definition) is 3. The first-order chi connectivity index (χ1) is 9.76. The van der Waals surface area contributed by atoms with Crippen LogP contribution in [0.5, 0.6) is 0 Å². The Morgan fingerprint density at radius 2 is 2.05 bits per heavy atom. The number of likely N-dealkylation sites (tertiary alicyclic amines) is 1. The highest BCUT2D eigenvalue weighted by Crippen LogP contribution is 2.45. The van der Waals surface area contributed by atoms with Crippen molar-refractivity contribution in [1.29, 1.82) is 0 Å². The Balaban J connectivity index is 1.97. The van der Waals surface area contributed by atoms with Gasteiger partial charge in [-0.05, 0) is 38.0 Å². The van der Waals surface area contributed by atoms with E-state index in [-0.39, 0.29) is 37.8 Å². The van der Waals surface area contributed by atoms with E-state index >= 15 is 0 Å². The van der Waals surface area contributed by atoms with Crippen molar-refractivity contribution in [2.24, 2.45) is 5.92 Å². The van der Waals surface area contributed by atoms with Gasteiger partial charge in [0.1, 0.15) is 5.60 Å². The fourth-order valence-electron chi connectivity index (χ4n) is 2.93. The number of aliphatic hydroxyl groups is 1. The topological polar surface area (TPSA) is 69.6 Å². The molecule has 1 heterocycles. The van der Waals surface area contributed by atoms with Crippen molar-refractivity contribution in [2.45, 2.75) is 50.6 Å². The summed E-state index contributed by atoms with van der Waals surface area (Å²) < 4.78 is 28.3. The van der Waals surface area contributed by atoms with Crippen LogP contribution in [0, 0.1) is 5.92 Å². The summed E-state index contributed by atoms with van der Waals surface area (Å²) in [6.07, 6.45) is 1.87. The quantitative estimate of drug-likeness (QED) is 0.811. The molecule has 21 heavy (non-hydrogen) atoms. The molecular weight excluding hydrogens is 282 g/mol. The van der Waals surface area contributed by atoms with Gasteiger partial charge in [-0.3, -0.25) is 9.59 Å². The molecule has 0 aromatic heterocycles. The second kappa shape index (κ2) is 5.87. The maximum Gasteiger partial charge on any atom is 0.352 e. The molecule has 2 rings (SSSR count). The monoisotopic (exact) mass is 304 g/mol. The normalized spacial score (nSPS) is 25.1. The fourth-order valence-corrected chi connectivity index (χ4v) is 2.93. The lowest BCUT2D eigenvalue weighted by Gasteiger charge is -2.44. The molecule has 1 saturated carbocycles. The number of rotatable bonds is 4. The first-order valence-corrected chi connectivity index (χ1v) is 7.40. The summed E-state index contributed by atoms with van der Waals surface area (Å²) in [6, 6.07) is 0. The SMILES string of the molecule is CC(=O)NCC1CCCN(C(=O)C(F)(F)C2(O)CCC2)C1. The van der Waals surface area contributed by atoms with E-state index < -0.39 is 17.4 Å². The Morgan fingerprint density at radius 3 is 2.57 bits per heavy atom. The van der Waals surface area contributed by atoms with Gasteiger partial charge in [-0.2, -0.15) is 8.78 Å². The van der Waals surface area contributed by atoms with E-state index in [0.717, 1.165) is 11.3 Å². The zero-order valence-corrected chi connectivity index (χ0v) is 12.2. The molecule has 1 aliphatic carbocycles. The Labute approximate surface area is 122 Å². The highest BCUT2D eigenvalue weighted by molar-refractivity contribution is 5.85. The van der Waals surface area contributed by atoms with Crippen molar-refractivity contribution in [3.63, 3.8) is 0 Å². The smallest absolute Gasteiger partial charge is 0.352 e. The molecule has 5 nitrogen and oxygen atoms in total. The standard InChI is InChI=1S/C14H22F2N2O3/c1-10(19)17-8-11-4-2-7-18(9-11)12(20)14(15,16)13(21)5-3-6-13/h11,21H,2-9H2,1H3,(H,17,19). The van der Waals surface area contributed by atoms with Crippen LogP contribution in [0.25, 0.3) is 0 Å². The molecule has 2 aliphatic rings. The average molecular weight is 304 g/mol. The molecule has 7 heteroatoms. The van der Waals surface area contributed by atoms with Gasteiger partial charge in [0.25, 0.3) is 5.91 Å². The number of carbonyl (C=O) groups excluding carboxylic acids is 2. The largest absolute Gasteiger partial charge is 0.383 e. The maximum atomic E-state index is 14.2. The molecule has 0 bridgehead atoms. The third-order valence-electron chi connectivity index (χ3n) is 4.48. The number of nitrogens with zero attached hydrogens (tertiary/aromatic N) is 1. The van der Waals surface area contributed by atoms with Crippen molar-refractivity contribution >= 4 is 11.8 Å². The Bertz CT molecular complexity index is 424. The molecule has 1 saturated heterocycles. The third-order valence-corrected chi connectivity index (χ3v) is 4.48. The van der Waals surface area contributed by atoms with Crippen LogP contribution in [-0.4, -0.2) is 53.0 Å². The lowest BCUT2D eigenvalue weighted by molar-refractivity contribution is -0.224. The van der Waals surface area contributed by atoms with E-state index in [1.807, 2.05) is 0 Å². The molecule has 1 aliphatic heterocycles. The third kappa shape index (κ3) is 3.17. The first-order valence-electron chi connectivity index (χ1n) is 7.40. The van der Waals surface area contributed by atoms with Gasteiger partial charge in [0.05, 0.1) is 0 Å². The average Bonchev–Trinajstić information content (AvgIpc) is 2.41. The molecule has 0 spiro atoms. The van der Waals surface area contributed by atoms with E-state index in [9.17, 15) is 23.5 Å². The molecule has 2 N–H and O–H groups in total. The predicted molar refractivity (Wildman–Crippen MR) is 71.7 cm³/mol. The van der Waals surface area contributed by atoms with Crippen molar-refractivity contribution in [1.82, 2.24) is 10.2 Å². The highest BCUT2D eigenvalue weighted by Gasteiger charge is 2.62. The van der Waals surface area contributed by atoms with E-state index in [0.29, 0.717) is 19.4 Å². The zero-order chi connectivity index (χ0) is 15.7. The van der Waals surface area contributed by atoms with Gasteiger partial charge in [0, 0.05) is 26.6 Å². The lowest BCUT2D eigenvalue weighted by atomic mass is 9.74. The molecule has 0 aromatic carbocycles.